The fraction of sp³-hybridized carbons (Fsp3) is 0.524. The second-order valence-corrected chi connectivity index (χ2v) is 8.83. The maximum Gasteiger partial charge on any atom is 0.410 e. The number of ether oxygens (including phenoxy) is 2. The Morgan fingerprint density at radius 1 is 1.14 bits per heavy atom. The number of nitrogens with zero attached hydrogens (tertiary/aromatic N) is 2. The van der Waals surface area contributed by atoms with Crippen LogP contribution < -0.4 is 0 Å². The van der Waals surface area contributed by atoms with Gasteiger partial charge in [0.05, 0.1) is 22.2 Å². The van der Waals surface area contributed by atoms with Gasteiger partial charge < -0.3 is 18.9 Å². The molecule has 0 bridgehead atoms. The first-order valence-electron chi connectivity index (χ1n) is 9.74. The molecule has 0 saturated heterocycles. The summed E-state index contributed by atoms with van der Waals surface area (Å²) in [6.07, 6.45) is 0.889. The van der Waals surface area contributed by atoms with Crippen LogP contribution in [0.4, 0.5) is 4.79 Å². The number of hydrogen-bond donors (Lipinski definition) is 0. The predicted molar refractivity (Wildman–Crippen MR) is 114 cm³/mol. The smallest absolute Gasteiger partial charge is 0.410 e. The summed E-state index contributed by atoms with van der Waals surface area (Å²) in [4.78, 5) is 26.5. The first-order valence-corrected chi connectivity index (χ1v) is 10.5. The minimum absolute atomic E-state index is 0.0478. The average Bonchev–Trinajstić information content (AvgIpc) is 2.77. The van der Waals surface area contributed by atoms with E-state index in [-0.39, 0.29) is 18.6 Å². The average molecular weight is 441 g/mol. The van der Waals surface area contributed by atoms with Crippen LogP contribution >= 0.6 is 23.2 Å². The van der Waals surface area contributed by atoms with Crippen molar-refractivity contribution in [2.75, 3.05) is 19.7 Å². The molecule has 6 nitrogen and oxygen atoms in total. The Labute approximate surface area is 180 Å². The molecule has 2 heterocycles. The zero-order valence-corrected chi connectivity index (χ0v) is 18.7. The molecule has 1 amide bonds. The zero-order chi connectivity index (χ0) is 21.3. The summed E-state index contributed by atoms with van der Waals surface area (Å²) in [7, 11) is 0. The van der Waals surface area contributed by atoms with Crippen LogP contribution in [0.5, 0.6) is 0 Å². The van der Waals surface area contributed by atoms with Gasteiger partial charge in [-0.15, -0.1) is 0 Å². The number of carbonyl (C=O) groups excluding carboxylic acids is 2. The molecule has 1 aliphatic heterocycles. The van der Waals surface area contributed by atoms with E-state index in [1.54, 1.807) is 17.9 Å². The van der Waals surface area contributed by atoms with Crippen LogP contribution in [0.25, 0.3) is 10.9 Å². The van der Waals surface area contributed by atoms with E-state index in [0.29, 0.717) is 42.6 Å². The van der Waals surface area contributed by atoms with Crippen LogP contribution in [-0.4, -0.2) is 46.8 Å². The van der Waals surface area contributed by atoms with Crippen molar-refractivity contribution in [3.8, 4) is 0 Å². The molecule has 1 aliphatic rings. The second kappa shape index (κ2) is 8.44. The third-order valence-corrected chi connectivity index (χ3v) is 5.63. The third-order valence-electron chi connectivity index (χ3n) is 4.83. The van der Waals surface area contributed by atoms with Crippen molar-refractivity contribution < 1.29 is 19.1 Å². The van der Waals surface area contributed by atoms with Gasteiger partial charge in [-0.05, 0) is 45.7 Å². The van der Waals surface area contributed by atoms with Crippen LogP contribution in [0.3, 0.4) is 0 Å². The quantitative estimate of drug-likeness (QED) is 0.640. The van der Waals surface area contributed by atoms with E-state index in [1.165, 1.54) is 0 Å². The molecule has 3 rings (SSSR count). The maximum atomic E-state index is 12.5. The van der Waals surface area contributed by atoms with E-state index in [0.717, 1.165) is 22.2 Å². The first-order chi connectivity index (χ1) is 13.6. The highest BCUT2D eigenvalue weighted by Gasteiger charge is 2.28. The lowest BCUT2D eigenvalue weighted by atomic mass is 10.1. The van der Waals surface area contributed by atoms with E-state index >= 15 is 0 Å². The van der Waals surface area contributed by atoms with Gasteiger partial charge in [0.2, 0.25) is 0 Å². The Morgan fingerprint density at radius 3 is 2.48 bits per heavy atom. The van der Waals surface area contributed by atoms with E-state index in [4.69, 9.17) is 32.7 Å². The van der Waals surface area contributed by atoms with Gasteiger partial charge in [0, 0.05) is 30.6 Å². The molecule has 0 spiro atoms. The summed E-state index contributed by atoms with van der Waals surface area (Å²) >= 11 is 12.8. The molecule has 1 aromatic heterocycles. The topological polar surface area (TPSA) is 60.8 Å². The van der Waals surface area contributed by atoms with Crippen molar-refractivity contribution in [2.24, 2.45) is 0 Å². The number of aromatic nitrogens is 1. The summed E-state index contributed by atoms with van der Waals surface area (Å²) < 4.78 is 12.6. The Morgan fingerprint density at radius 2 is 1.83 bits per heavy atom. The van der Waals surface area contributed by atoms with Crippen molar-refractivity contribution in [2.45, 2.75) is 52.7 Å². The number of benzene rings is 1. The lowest BCUT2D eigenvalue weighted by molar-refractivity contribution is -0.143. The summed E-state index contributed by atoms with van der Waals surface area (Å²) in [6.45, 7) is 8.70. The number of fused-ring (bicyclic) bond motifs is 3. The van der Waals surface area contributed by atoms with Crippen LogP contribution in [0, 0.1) is 0 Å². The van der Waals surface area contributed by atoms with E-state index in [9.17, 15) is 9.59 Å². The van der Waals surface area contributed by atoms with E-state index in [2.05, 4.69) is 0 Å². The van der Waals surface area contributed by atoms with Gasteiger partial charge in [0.1, 0.15) is 12.1 Å². The zero-order valence-electron chi connectivity index (χ0n) is 17.2. The molecular weight excluding hydrogens is 415 g/mol. The molecule has 0 aliphatic carbocycles. The molecule has 0 saturated carbocycles. The Hall–Kier alpha value is -1.92. The summed E-state index contributed by atoms with van der Waals surface area (Å²) in [5.41, 5.74) is 2.24. The number of hydrogen-bond acceptors (Lipinski definition) is 4. The van der Waals surface area contributed by atoms with E-state index < -0.39 is 5.60 Å². The maximum absolute atomic E-state index is 12.5. The number of rotatable bonds is 3. The van der Waals surface area contributed by atoms with Crippen LogP contribution in [0.15, 0.2) is 12.1 Å². The third kappa shape index (κ3) is 4.64. The fourth-order valence-electron chi connectivity index (χ4n) is 3.68. The lowest BCUT2D eigenvalue weighted by Crippen LogP contribution is -2.38. The van der Waals surface area contributed by atoms with Crippen molar-refractivity contribution in [1.82, 2.24) is 9.47 Å². The highest BCUT2D eigenvalue weighted by molar-refractivity contribution is 6.45. The molecule has 8 heteroatoms. The fourth-order valence-corrected chi connectivity index (χ4v) is 4.10. The van der Waals surface area contributed by atoms with E-state index in [1.807, 2.05) is 31.4 Å². The van der Waals surface area contributed by atoms with Gasteiger partial charge >= 0.3 is 12.1 Å². The minimum atomic E-state index is -0.549. The number of carbonyl (C=O) groups is 2. The van der Waals surface area contributed by atoms with Crippen LogP contribution in [-0.2, 0) is 33.7 Å². The highest BCUT2D eigenvalue weighted by atomic mass is 35.5. The SMILES string of the molecule is CCOC(=O)Cn1c2c(c3ccc(Cl)c(Cl)c31)CCN(C(=O)OC(C)(C)C)CC2. The summed E-state index contributed by atoms with van der Waals surface area (Å²) in [6, 6.07) is 3.69. The predicted octanol–water partition coefficient (Wildman–Crippen LogP) is 4.85. The summed E-state index contributed by atoms with van der Waals surface area (Å²) in [5.74, 6) is -0.337. The Balaban J connectivity index is 1.99. The largest absolute Gasteiger partial charge is 0.465 e. The monoisotopic (exact) mass is 440 g/mol. The summed E-state index contributed by atoms with van der Waals surface area (Å²) in [5, 5.41) is 1.81. The first kappa shape index (κ1) is 21.8. The molecule has 0 radical (unpaired) electrons. The molecule has 29 heavy (non-hydrogen) atoms. The highest BCUT2D eigenvalue weighted by Crippen LogP contribution is 2.37. The van der Waals surface area contributed by atoms with Crippen molar-refractivity contribution in [1.29, 1.82) is 0 Å². The van der Waals surface area contributed by atoms with Crippen molar-refractivity contribution in [3.05, 3.63) is 33.4 Å². The molecule has 2 aromatic rings. The van der Waals surface area contributed by atoms with Gasteiger partial charge in [-0.25, -0.2) is 4.79 Å². The van der Waals surface area contributed by atoms with Crippen LogP contribution in [0.2, 0.25) is 10.0 Å². The Bertz CT molecular complexity index is 947. The molecule has 1 aromatic carbocycles. The molecular formula is C21H26Cl2N2O4. The molecule has 0 atom stereocenters. The Kier molecular flexibility index (Phi) is 6.34. The second-order valence-electron chi connectivity index (χ2n) is 8.04. The molecule has 0 fully saturated rings. The van der Waals surface area contributed by atoms with Crippen molar-refractivity contribution >= 4 is 46.2 Å². The molecule has 0 N–H and O–H groups in total. The van der Waals surface area contributed by atoms with Crippen molar-refractivity contribution in [3.63, 3.8) is 0 Å². The van der Waals surface area contributed by atoms with Gasteiger partial charge in [0.15, 0.2) is 0 Å². The van der Waals surface area contributed by atoms with Crippen LogP contribution in [0.1, 0.15) is 39.0 Å². The van der Waals surface area contributed by atoms with Gasteiger partial charge in [0.25, 0.3) is 0 Å². The molecule has 0 unspecified atom stereocenters. The molecule has 158 valence electrons. The van der Waals surface area contributed by atoms with Gasteiger partial charge in [-0.3, -0.25) is 4.79 Å². The number of halogens is 2. The van der Waals surface area contributed by atoms with Gasteiger partial charge in [-0.2, -0.15) is 0 Å². The normalized spacial score (nSPS) is 14.5. The number of esters is 1. The minimum Gasteiger partial charge on any atom is -0.465 e. The lowest BCUT2D eigenvalue weighted by Gasteiger charge is -2.26. The van der Waals surface area contributed by atoms with Gasteiger partial charge in [-0.1, -0.05) is 29.3 Å². The standard InChI is InChI=1S/C21H26Cl2N2O4/c1-5-28-17(26)12-25-16-9-11-24(20(27)29-21(2,3)4)10-8-13(16)14-6-7-15(22)18(23)19(14)25/h6-7H,5,8-12H2,1-4H3. The number of amides is 1.